The number of hydrazone groups is 1. The van der Waals surface area contributed by atoms with Crippen LogP contribution in [0.4, 0.5) is 0 Å². The van der Waals surface area contributed by atoms with Crippen molar-refractivity contribution in [3.8, 4) is 11.8 Å². The molecule has 2 aliphatic carbocycles. The van der Waals surface area contributed by atoms with E-state index in [1.807, 2.05) is 6.07 Å². The van der Waals surface area contributed by atoms with E-state index in [4.69, 9.17) is 10.00 Å². The molecule has 0 saturated heterocycles. The van der Waals surface area contributed by atoms with Crippen LogP contribution < -0.4 is 10.2 Å². The second kappa shape index (κ2) is 5.94. The van der Waals surface area contributed by atoms with Crippen molar-refractivity contribution < 1.29 is 9.53 Å². The summed E-state index contributed by atoms with van der Waals surface area (Å²) in [4.78, 5) is 12.0. The third kappa shape index (κ3) is 2.56. The summed E-state index contributed by atoms with van der Waals surface area (Å²) in [5.74, 6) is 0.757. The van der Waals surface area contributed by atoms with Gasteiger partial charge in [0.1, 0.15) is 11.8 Å². The average molecular weight is 325 g/mol. The highest BCUT2D eigenvalue weighted by molar-refractivity contribution is 5.95. The lowest BCUT2D eigenvalue weighted by molar-refractivity contribution is -0.123. The predicted octanol–water partition coefficient (Wildman–Crippen LogP) is 3.26. The van der Waals surface area contributed by atoms with Crippen LogP contribution in [0.5, 0.6) is 5.75 Å². The van der Waals surface area contributed by atoms with Gasteiger partial charge in [0.25, 0.3) is 5.91 Å². The van der Waals surface area contributed by atoms with Crippen molar-refractivity contribution in [1.29, 1.82) is 5.26 Å². The number of benzene rings is 1. The van der Waals surface area contributed by atoms with Crippen LogP contribution in [-0.4, -0.2) is 18.2 Å². The lowest BCUT2D eigenvalue weighted by Crippen LogP contribution is -2.35. The lowest BCUT2D eigenvalue weighted by atomic mass is 9.70. The zero-order valence-electron chi connectivity index (χ0n) is 14.4. The number of amides is 1. The fourth-order valence-corrected chi connectivity index (χ4v) is 4.09. The van der Waals surface area contributed by atoms with Gasteiger partial charge in [-0.15, -0.1) is 0 Å². The summed E-state index contributed by atoms with van der Waals surface area (Å²) in [5, 5.41) is 13.4. The molecule has 0 aliphatic heterocycles. The first-order chi connectivity index (χ1) is 11.4. The third-order valence-electron chi connectivity index (χ3n) is 6.19. The summed E-state index contributed by atoms with van der Waals surface area (Å²) >= 11 is 0. The topological polar surface area (TPSA) is 74.5 Å². The minimum absolute atomic E-state index is 0.0687. The zero-order chi connectivity index (χ0) is 17.4. The molecule has 1 aromatic rings. The van der Waals surface area contributed by atoms with Crippen molar-refractivity contribution in [2.45, 2.75) is 40.0 Å². The predicted molar refractivity (Wildman–Crippen MR) is 91.5 cm³/mol. The Kier molecular flexibility index (Phi) is 4.08. The van der Waals surface area contributed by atoms with Gasteiger partial charge < -0.3 is 4.74 Å². The number of hydrogen-bond donors (Lipinski definition) is 1. The van der Waals surface area contributed by atoms with Crippen LogP contribution in [-0.2, 0) is 4.79 Å². The average Bonchev–Trinajstić information content (AvgIpc) is 2.91. The Balaban J connectivity index is 1.60. The van der Waals surface area contributed by atoms with Crippen molar-refractivity contribution >= 4 is 11.6 Å². The Bertz CT molecular complexity index is 732. The molecule has 2 bridgehead atoms. The number of rotatable bonds is 4. The van der Waals surface area contributed by atoms with E-state index in [0.29, 0.717) is 17.2 Å². The van der Waals surface area contributed by atoms with Crippen LogP contribution in [0.2, 0.25) is 0 Å². The fraction of sp³-hybridized carbons (Fsp3) is 0.526. The molecular formula is C19H23N3O2. The van der Waals surface area contributed by atoms with Gasteiger partial charge in [0, 0.05) is 11.1 Å². The minimum atomic E-state index is -0.306. The van der Waals surface area contributed by atoms with E-state index in [1.54, 1.807) is 24.3 Å². The van der Waals surface area contributed by atoms with Crippen LogP contribution in [0, 0.1) is 28.1 Å². The number of fused-ring (bicyclic) bond motifs is 2. The van der Waals surface area contributed by atoms with E-state index in [9.17, 15) is 4.79 Å². The molecule has 1 aromatic carbocycles. The molecule has 5 nitrogen and oxygen atoms in total. The summed E-state index contributed by atoms with van der Waals surface area (Å²) in [6.45, 7) is 6.71. The molecule has 1 N–H and O–H groups in total. The molecule has 5 heteroatoms. The largest absolute Gasteiger partial charge is 0.482 e. The molecule has 0 aromatic heterocycles. The van der Waals surface area contributed by atoms with Gasteiger partial charge in [0.05, 0.1) is 5.56 Å². The molecule has 0 unspecified atom stereocenters. The molecule has 1 amide bonds. The van der Waals surface area contributed by atoms with E-state index >= 15 is 0 Å². The Morgan fingerprint density at radius 1 is 1.42 bits per heavy atom. The van der Waals surface area contributed by atoms with Crippen LogP contribution in [0.1, 0.15) is 45.6 Å². The summed E-state index contributed by atoms with van der Waals surface area (Å²) in [7, 11) is 0. The van der Waals surface area contributed by atoms with Crippen LogP contribution in [0.15, 0.2) is 29.4 Å². The lowest BCUT2D eigenvalue weighted by Gasteiger charge is -2.34. The quantitative estimate of drug-likeness (QED) is 0.863. The molecule has 3 rings (SSSR count). The van der Waals surface area contributed by atoms with Gasteiger partial charge in [-0.1, -0.05) is 32.9 Å². The standard InChI is InChI=1S/C19H23N3O2/c1-18(2)14-8-9-19(18,3)16(10-14)21-22-17(23)12-24-15-7-5-4-6-13(15)11-20/h4-7,14H,8-10,12H2,1-3H3,(H,22,23)/b21-16+/t14-,19-/m1/s1. The Morgan fingerprint density at radius 2 is 2.17 bits per heavy atom. The monoisotopic (exact) mass is 325 g/mol. The fourth-order valence-electron chi connectivity index (χ4n) is 4.09. The van der Waals surface area contributed by atoms with Gasteiger partial charge in [-0.05, 0) is 42.7 Å². The molecule has 2 atom stereocenters. The molecule has 0 spiro atoms. The SMILES string of the molecule is CC1(C)[C@@H]2CC[C@]1(C)/C(=N/NC(=O)COc1ccccc1C#N)C2. The van der Waals surface area contributed by atoms with Gasteiger partial charge in [-0.25, -0.2) is 5.43 Å². The molecule has 24 heavy (non-hydrogen) atoms. The molecule has 2 fully saturated rings. The number of carbonyl (C=O) groups excluding carboxylic acids is 1. The van der Waals surface area contributed by atoms with E-state index in [-0.39, 0.29) is 23.3 Å². The highest BCUT2D eigenvalue weighted by atomic mass is 16.5. The van der Waals surface area contributed by atoms with Gasteiger partial charge in [0.15, 0.2) is 6.61 Å². The second-order valence-corrected chi connectivity index (χ2v) is 7.48. The molecule has 0 heterocycles. The second-order valence-electron chi connectivity index (χ2n) is 7.48. The summed E-state index contributed by atoms with van der Waals surface area (Å²) < 4.78 is 5.43. The van der Waals surface area contributed by atoms with E-state index < -0.39 is 0 Å². The molecule has 2 aliphatic rings. The molecule has 0 radical (unpaired) electrons. The third-order valence-corrected chi connectivity index (χ3v) is 6.19. The molecule has 126 valence electrons. The highest BCUT2D eigenvalue weighted by Gasteiger charge is 2.59. The normalized spacial score (nSPS) is 28.6. The summed E-state index contributed by atoms with van der Waals surface area (Å²) in [6.07, 6.45) is 3.33. The summed E-state index contributed by atoms with van der Waals surface area (Å²) in [6, 6.07) is 8.91. The van der Waals surface area contributed by atoms with Gasteiger partial charge in [-0.3, -0.25) is 4.79 Å². The number of nitriles is 1. The van der Waals surface area contributed by atoms with Crippen molar-refractivity contribution in [2.75, 3.05) is 6.61 Å². The maximum Gasteiger partial charge on any atom is 0.277 e. The maximum atomic E-state index is 12.0. The number of carbonyl (C=O) groups is 1. The van der Waals surface area contributed by atoms with Crippen molar-refractivity contribution in [2.24, 2.45) is 21.8 Å². The molecule has 2 saturated carbocycles. The zero-order valence-corrected chi connectivity index (χ0v) is 14.4. The van der Waals surface area contributed by atoms with E-state index in [1.165, 1.54) is 6.42 Å². The van der Waals surface area contributed by atoms with Gasteiger partial charge in [-0.2, -0.15) is 10.4 Å². The number of nitrogens with zero attached hydrogens (tertiary/aromatic N) is 2. The van der Waals surface area contributed by atoms with Crippen LogP contribution in [0.25, 0.3) is 0 Å². The number of para-hydroxylation sites is 1. The van der Waals surface area contributed by atoms with Gasteiger partial charge in [0.2, 0.25) is 0 Å². The number of ether oxygens (including phenoxy) is 1. The smallest absolute Gasteiger partial charge is 0.277 e. The summed E-state index contributed by atoms with van der Waals surface area (Å²) in [5.41, 5.74) is 4.43. The number of nitrogens with one attached hydrogen (secondary N) is 1. The van der Waals surface area contributed by atoms with E-state index in [0.717, 1.165) is 18.6 Å². The van der Waals surface area contributed by atoms with E-state index in [2.05, 4.69) is 31.3 Å². The number of hydrogen-bond acceptors (Lipinski definition) is 4. The highest BCUT2D eigenvalue weighted by Crippen LogP contribution is 2.63. The first-order valence-corrected chi connectivity index (χ1v) is 8.36. The Morgan fingerprint density at radius 3 is 2.79 bits per heavy atom. The van der Waals surface area contributed by atoms with Crippen LogP contribution in [0.3, 0.4) is 0 Å². The Hall–Kier alpha value is -2.35. The maximum absolute atomic E-state index is 12.0. The Labute approximate surface area is 142 Å². The van der Waals surface area contributed by atoms with Crippen molar-refractivity contribution in [3.63, 3.8) is 0 Å². The van der Waals surface area contributed by atoms with Crippen molar-refractivity contribution in [3.05, 3.63) is 29.8 Å². The first kappa shape index (κ1) is 16.5. The van der Waals surface area contributed by atoms with Gasteiger partial charge >= 0.3 is 0 Å². The first-order valence-electron chi connectivity index (χ1n) is 8.36. The molecular weight excluding hydrogens is 302 g/mol. The minimum Gasteiger partial charge on any atom is -0.482 e. The van der Waals surface area contributed by atoms with Crippen molar-refractivity contribution in [1.82, 2.24) is 5.43 Å². The van der Waals surface area contributed by atoms with Crippen LogP contribution >= 0.6 is 0 Å².